The molecule has 0 fully saturated rings. The maximum absolute atomic E-state index is 7.84. The molecule has 0 radical (unpaired) electrons. The van der Waals surface area contributed by atoms with Crippen LogP contribution in [0.1, 0.15) is 23.6 Å². The van der Waals surface area contributed by atoms with E-state index < -0.39 is 0 Å². The van der Waals surface area contributed by atoms with Gasteiger partial charge in [-0.05, 0) is 84.3 Å². The van der Waals surface area contributed by atoms with Crippen molar-refractivity contribution in [3.8, 4) is 11.5 Å². The molecular weight excluding hydrogens is 544 g/mol. The van der Waals surface area contributed by atoms with E-state index in [0.717, 1.165) is 34.6 Å². The van der Waals surface area contributed by atoms with Crippen LogP contribution in [0, 0.1) is 6.57 Å². The lowest BCUT2D eigenvalue weighted by Crippen LogP contribution is -2.09. The molecule has 5 aromatic carbocycles. The normalized spacial score (nSPS) is 11.6. The summed E-state index contributed by atoms with van der Waals surface area (Å²) in [4.78, 5) is 3.81. The quantitative estimate of drug-likeness (QED) is 0.0745. The maximum Gasteiger partial charge on any atom is 0.194 e. The molecule has 216 valence electrons. The number of ether oxygens (including phenoxy) is 2. The molecule has 1 heterocycles. The van der Waals surface area contributed by atoms with Crippen molar-refractivity contribution in [3.63, 3.8) is 0 Å². The van der Waals surface area contributed by atoms with Crippen LogP contribution < -0.4 is 14.5 Å². The van der Waals surface area contributed by atoms with E-state index in [1.165, 1.54) is 21.8 Å². The smallest absolute Gasteiger partial charge is 0.194 e. The lowest BCUT2D eigenvalue weighted by molar-refractivity contribution is 0.355. The molecule has 0 saturated heterocycles. The zero-order valence-electron chi connectivity index (χ0n) is 24.9. The maximum atomic E-state index is 7.84. The average molecular weight is 577 g/mol. The Labute approximate surface area is 257 Å². The summed E-state index contributed by atoms with van der Waals surface area (Å²) in [6.45, 7) is 10.9. The van der Waals surface area contributed by atoms with E-state index in [-0.39, 0.29) is 0 Å². The standard InChI is InChI=1S/C38H32N4O2/c1-5-41-35-14-10-9-13-32(35)33-23-28(15-21-36(33)41)26-40-42(30-11-7-6-8-12-30)31-19-17-29(18-20-31)34(39-2)24-27-16-22-37(43-3)38(25-27)44-4/h6-26H,5H2,1,3-4H3/b34-24-,40-26-. The molecule has 0 saturated carbocycles. The Morgan fingerprint density at radius 1 is 0.750 bits per heavy atom. The predicted octanol–water partition coefficient (Wildman–Crippen LogP) is 9.42. The first-order valence-electron chi connectivity index (χ1n) is 14.4. The van der Waals surface area contributed by atoms with E-state index >= 15 is 0 Å². The third-order valence-corrected chi connectivity index (χ3v) is 7.67. The van der Waals surface area contributed by atoms with Gasteiger partial charge in [0.25, 0.3) is 0 Å². The fourth-order valence-electron chi connectivity index (χ4n) is 5.52. The molecule has 44 heavy (non-hydrogen) atoms. The highest BCUT2D eigenvalue weighted by Gasteiger charge is 2.12. The van der Waals surface area contributed by atoms with E-state index in [0.29, 0.717) is 17.2 Å². The van der Waals surface area contributed by atoms with Gasteiger partial charge in [-0.15, -0.1) is 0 Å². The number of methoxy groups -OCH3 is 2. The minimum Gasteiger partial charge on any atom is -0.493 e. The second kappa shape index (κ2) is 12.6. The molecule has 0 aliphatic carbocycles. The molecule has 0 bridgehead atoms. The van der Waals surface area contributed by atoms with Crippen molar-refractivity contribution in [2.24, 2.45) is 5.10 Å². The molecule has 6 heteroatoms. The molecular formula is C38H32N4O2. The van der Waals surface area contributed by atoms with Crippen molar-refractivity contribution in [3.05, 3.63) is 143 Å². The number of anilines is 2. The van der Waals surface area contributed by atoms with Crippen molar-refractivity contribution >= 4 is 51.2 Å². The van der Waals surface area contributed by atoms with Crippen molar-refractivity contribution in [2.45, 2.75) is 13.5 Å². The van der Waals surface area contributed by atoms with Crippen LogP contribution in [0.5, 0.6) is 11.5 Å². The first kappa shape index (κ1) is 28.3. The Morgan fingerprint density at radius 2 is 1.43 bits per heavy atom. The van der Waals surface area contributed by atoms with Crippen LogP contribution in [0.15, 0.2) is 120 Å². The van der Waals surface area contributed by atoms with Gasteiger partial charge in [0.15, 0.2) is 17.2 Å². The zero-order valence-corrected chi connectivity index (χ0v) is 24.9. The van der Waals surface area contributed by atoms with Gasteiger partial charge >= 0.3 is 0 Å². The summed E-state index contributed by atoms with van der Waals surface area (Å²) in [5, 5.41) is 9.32. The van der Waals surface area contributed by atoms with Gasteiger partial charge in [-0.3, -0.25) is 0 Å². The number of para-hydroxylation sites is 2. The Kier molecular flexibility index (Phi) is 8.11. The minimum absolute atomic E-state index is 0.526. The van der Waals surface area contributed by atoms with E-state index in [2.05, 4.69) is 58.8 Å². The van der Waals surface area contributed by atoms with Crippen molar-refractivity contribution in [1.29, 1.82) is 0 Å². The van der Waals surface area contributed by atoms with Crippen LogP contribution in [0.25, 0.3) is 38.4 Å². The Hall–Kier alpha value is -5.80. The zero-order chi connectivity index (χ0) is 30.5. The Bertz CT molecular complexity index is 2030. The average Bonchev–Trinajstić information content (AvgIpc) is 3.41. The number of hydrazone groups is 1. The molecule has 0 spiro atoms. The van der Waals surface area contributed by atoms with Crippen LogP contribution in [0.3, 0.4) is 0 Å². The molecule has 6 nitrogen and oxygen atoms in total. The number of nitrogens with zero attached hydrogens (tertiary/aromatic N) is 4. The van der Waals surface area contributed by atoms with E-state index in [9.17, 15) is 0 Å². The number of rotatable bonds is 9. The second-order valence-electron chi connectivity index (χ2n) is 10.2. The first-order chi connectivity index (χ1) is 21.6. The number of aromatic nitrogens is 1. The summed E-state index contributed by atoms with van der Waals surface area (Å²) in [5.74, 6) is 1.26. The molecule has 6 rings (SSSR count). The van der Waals surface area contributed by atoms with Crippen LogP contribution in [-0.4, -0.2) is 25.0 Å². The topological polar surface area (TPSA) is 43.4 Å². The number of hydrogen-bond donors (Lipinski definition) is 0. The first-order valence-corrected chi connectivity index (χ1v) is 14.4. The van der Waals surface area contributed by atoms with Crippen LogP contribution in [0.2, 0.25) is 0 Å². The predicted molar refractivity (Wildman–Crippen MR) is 182 cm³/mol. The minimum atomic E-state index is 0.526. The number of hydrogen-bond acceptors (Lipinski definition) is 4. The Balaban J connectivity index is 1.33. The lowest BCUT2D eigenvalue weighted by atomic mass is 10.1. The molecule has 0 N–H and O–H groups in total. The van der Waals surface area contributed by atoms with Crippen molar-refractivity contribution in [2.75, 3.05) is 19.2 Å². The number of benzene rings is 5. The summed E-state index contributed by atoms with van der Waals surface area (Å²) in [6.07, 6.45) is 3.75. The van der Waals surface area contributed by atoms with Gasteiger partial charge in [-0.1, -0.05) is 60.7 Å². The van der Waals surface area contributed by atoms with Crippen molar-refractivity contribution < 1.29 is 9.47 Å². The van der Waals surface area contributed by atoms with Gasteiger partial charge in [0, 0.05) is 28.4 Å². The van der Waals surface area contributed by atoms with Gasteiger partial charge in [0.05, 0.1) is 38.4 Å². The van der Waals surface area contributed by atoms with Gasteiger partial charge in [0.2, 0.25) is 0 Å². The lowest BCUT2D eigenvalue weighted by Gasteiger charge is -2.19. The number of aryl methyl sites for hydroxylation is 1. The summed E-state index contributed by atoms with van der Waals surface area (Å²) in [7, 11) is 3.21. The summed E-state index contributed by atoms with van der Waals surface area (Å²) in [6, 6.07) is 38.6. The highest BCUT2D eigenvalue weighted by molar-refractivity contribution is 6.09. The summed E-state index contributed by atoms with van der Waals surface area (Å²) < 4.78 is 13.1. The van der Waals surface area contributed by atoms with Gasteiger partial charge < -0.3 is 14.0 Å². The SMILES string of the molecule is [C-]#[N+]/C(=C\c1ccc(OC)c(OC)c1)c1ccc(N(/N=C\c2ccc3c(c2)c2ccccc2n3CC)c2ccccc2)cc1. The highest BCUT2D eigenvalue weighted by Crippen LogP contribution is 2.32. The number of fused-ring (bicyclic) bond motifs is 3. The fraction of sp³-hybridized carbons (Fsp3) is 0.105. The van der Waals surface area contributed by atoms with Gasteiger partial charge in [0.1, 0.15) is 0 Å². The molecule has 1 aromatic heterocycles. The van der Waals surface area contributed by atoms with Crippen LogP contribution in [-0.2, 0) is 6.54 Å². The summed E-state index contributed by atoms with van der Waals surface area (Å²) in [5.41, 5.74) is 7.49. The third-order valence-electron chi connectivity index (χ3n) is 7.67. The van der Waals surface area contributed by atoms with E-state index in [1.54, 1.807) is 14.2 Å². The van der Waals surface area contributed by atoms with Gasteiger partial charge in [-0.25, -0.2) is 9.85 Å². The molecule has 0 atom stereocenters. The monoisotopic (exact) mass is 576 g/mol. The summed E-state index contributed by atoms with van der Waals surface area (Å²) >= 11 is 0. The van der Waals surface area contributed by atoms with Crippen LogP contribution >= 0.6 is 0 Å². The molecule has 0 aliphatic rings. The highest BCUT2D eigenvalue weighted by atomic mass is 16.5. The molecule has 6 aromatic rings. The third kappa shape index (κ3) is 5.51. The fourth-order valence-corrected chi connectivity index (χ4v) is 5.52. The van der Waals surface area contributed by atoms with Gasteiger partial charge in [-0.2, -0.15) is 5.10 Å². The second-order valence-corrected chi connectivity index (χ2v) is 10.2. The molecule has 0 amide bonds. The van der Waals surface area contributed by atoms with Crippen LogP contribution in [0.4, 0.5) is 11.4 Å². The largest absolute Gasteiger partial charge is 0.493 e. The van der Waals surface area contributed by atoms with E-state index in [4.69, 9.17) is 21.1 Å². The molecule has 0 aliphatic heterocycles. The molecule has 0 unspecified atom stereocenters. The Morgan fingerprint density at radius 3 is 2.16 bits per heavy atom. The van der Waals surface area contributed by atoms with Crippen molar-refractivity contribution in [1.82, 2.24) is 4.57 Å². The van der Waals surface area contributed by atoms with E-state index in [1.807, 2.05) is 90.1 Å².